The van der Waals surface area contributed by atoms with Crippen molar-refractivity contribution < 1.29 is 9.53 Å². The van der Waals surface area contributed by atoms with Crippen molar-refractivity contribution in [2.75, 3.05) is 19.4 Å². The summed E-state index contributed by atoms with van der Waals surface area (Å²) >= 11 is 3.11. The number of fused-ring (bicyclic) bond motifs is 1. The van der Waals surface area contributed by atoms with Gasteiger partial charge in [0, 0.05) is 12.2 Å². The third-order valence-corrected chi connectivity index (χ3v) is 7.68. The molecule has 1 atom stereocenters. The largest absolute Gasteiger partial charge is 0.497 e. The highest BCUT2D eigenvalue weighted by molar-refractivity contribution is 7.99. The maximum atomic E-state index is 13.2. The minimum Gasteiger partial charge on any atom is -0.497 e. The monoisotopic (exact) mass is 465 g/mol. The summed E-state index contributed by atoms with van der Waals surface area (Å²) in [4.78, 5) is 20.1. The molecular weight excluding hydrogens is 442 g/mol. The average molecular weight is 466 g/mol. The van der Waals surface area contributed by atoms with Gasteiger partial charge >= 0.3 is 0 Å². The maximum absolute atomic E-state index is 13.2. The van der Waals surface area contributed by atoms with Gasteiger partial charge in [-0.15, -0.1) is 21.5 Å². The molecule has 0 bridgehead atoms. The standard InChI is InChI=1S/C23H23N5O2S2/c1-30-17-11-9-16(10-12-17)28-15-24-26-23(28)31-14-21(29)27-13-5-4-7-19(27)22-25-18-6-2-3-8-20(18)32-22/h2-3,6,8-12,15,19H,4-5,7,13-14H2,1H3/t19-/m0/s1. The Kier molecular flexibility index (Phi) is 6.09. The Morgan fingerprint density at radius 1 is 1.19 bits per heavy atom. The molecular formula is C23H23N5O2S2. The van der Waals surface area contributed by atoms with Crippen molar-refractivity contribution in [1.82, 2.24) is 24.6 Å². The van der Waals surface area contributed by atoms with Crippen LogP contribution in [0.15, 0.2) is 60.0 Å². The van der Waals surface area contributed by atoms with Crippen LogP contribution in [-0.4, -0.2) is 50.0 Å². The molecule has 5 rings (SSSR count). The van der Waals surface area contributed by atoms with E-state index in [0.717, 1.165) is 47.8 Å². The lowest BCUT2D eigenvalue weighted by Crippen LogP contribution is -2.39. The molecule has 0 unspecified atom stereocenters. The number of carbonyl (C=O) groups is 1. The predicted octanol–water partition coefficient (Wildman–Crippen LogP) is 4.73. The number of carbonyl (C=O) groups excluding carboxylic acids is 1. The summed E-state index contributed by atoms with van der Waals surface area (Å²) in [5.41, 5.74) is 1.93. The molecule has 0 saturated carbocycles. The van der Waals surface area contributed by atoms with Crippen molar-refractivity contribution >= 4 is 39.2 Å². The minimum absolute atomic E-state index is 0.0497. The highest BCUT2D eigenvalue weighted by Gasteiger charge is 2.30. The molecule has 1 aliphatic heterocycles. The van der Waals surface area contributed by atoms with E-state index in [9.17, 15) is 4.79 Å². The van der Waals surface area contributed by atoms with E-state index in [2.05, 4.69) is 16.3 Å². The van der Waals surface area contributed by atoms with E-state index in [-0.39, 0.29) is 11.9 Å². The molecule has 164 valence electrons. The molecule has 0 spiro atoms. The zero-order valence-corrected chi connectivity index (χ0v) is 19.3. The molecule has 2 aromatic heterocycles. The molecule has 1 saturated heterocycles. The average Bonchev–Trinajstić information content (AvgIpc) is 3.49. The van der Waals surface area contributed by atoms with Crippen LogP contribution >= 0.6 is 23.1 Å². The number of piperidine rings is 1. The Morgan fingerprint density at radius 2 is 2.03 bits per heavy atom. The van der Waals surface area contributed by atoms with E-state index in [1.54, 1.807) is 24.8 Å². The van der Waals surface area contributed by atoms with Crippen molar-refractivity contribution in [2.45, 2.75) is 30.5 Å². The second-order valence-electron chi connectivity index (χ2n) is 7.59. The summed E-state index contributed by atoms with van der Waals surface area (Å²) in [7, 11) is 1.64. The first-order valence-corrected chi connectivity index (χ1v) is 12.4. The highest BCUT2D eigenvalue weighted by Crippen LogP contribution is 2.36. The lowest BCUT2D eigenvalue weighted by molar-refractivity contribution is -0.132. The number of aromatic nitrogens is 4. The summed E-state index contributed by atoms with van der Waals surface area (Å²) in [5, 5.41) is 9.99. The van der Waals surface area contributed by atoms with Crippen LogP contribution in [0.25, 0.3) is 15.9 Å². The molecule has 2 aromatic carbocycles. The van der Waals surface area contributed by atoms with Gasteiger partial charge in [-0.05, 0) is 55.7 Å². The zero-order valence-electron chi connectivity index (χ0n) is 17.7. The van der Waals surface area contributed by atoms with Gasteiger partial charge in [0.2, 0.25) is 5.91 Å². The van der Waals surface area contributed by atoms with Crippen LogP contribution in [0, 0.1) is 0 Å². The molecule has 0 aliphatic carbocycles. The Morgan fingerprint density at radius 3 is 2.84 bits per heavy atom. The second kappa shape index (κ2) is 9.30. The Balaban J connectivity index is 1.30. The van der Waals surface area contributed by atoms with Crippen molar-refractivity contribution in [2.24, 2.45) is 0 Å². The van der Waals surface area contributed by atoms with Gasteiger partial charge in [0.25, 0.3) is 0 Å². The van der Waals surface area contributed by atoms with Gasteiger partial charge < -0.3 is 9.64 Å². The number of rotatable bonds is 6. The Bertz CT molecular complexity index is 1190. The number of thiazole rings is 1. The summed E-state index contributed by atoms with van der Waals surface area (Å²) < 4.78 is 8.28. The highest BCUT2D eigenvalue weighted by atomic mass is 32.2. The maximum Gasteiger partial charge on any atom is 0.233 e. The number of amides is 1. The summed E-state index contributed by atoms with van der Waals surface area (Å²) in [5.74, 6) is 1.22. The van der Waals surface area contributed by atoms with Gasteiger partial charge in [0.15, 0.2) is 5.16 Å². The molecule has 9 heteroatoms. The van der Waals surface area contributed by atoms with Gasteiger partial charge in [-0.25, -0.2) is 4.98 Å². The summed E-state index contributed by atoms with van der Waals surface area (Å²) in [6, 6.07) is 15.9. The normalized spacial score (nSPS) is 16.4. The van der Waals surface area contributed by atoms with Crippen LogP contribution in [0.4, 0.5) is 0 Å². The summed E-state index contributed by atoms with van der Waals surface area (Å²) in [6.07, 6.45) is 4.76. The van der Waals surface area contributed by atoms with E-state index < -0.39 is 0 Å². The van der Waals surface area contributed by atoms with Gasteiger partial charge in [0.1, 0.15) is 17.1 Å². The Hall–Kier alpha value is -2.91. The summed E-state index contributed by atoms with van der Waals surface area (Å²) in [6.45, 7) is 0.769. The van der Waals surface area contributed by atoms with Gasteiger partial charge in [-0.2, -0.15) is 0 Å². The van der Waals surface area contributed by atoms with E-state index >= 15 is 0 Å². The fourth-order valence-corrected chi connectivity index (χ4v) is 5.90. The van der Waals surface area contributed by atoms with Gasteiger partial charge in [0.05, 0.1) is 29.1 Å². The first-order valence-electron chi connectivity index (χ1n) is 10.5. The van der Waals surface area contributed by atoms with Crippen LogP contribution in [0.1, 0.15) is 30.3 Å². The van der Waals surface area contributed by atoms with Crippen LogP contribution in [0.5, 0.6) is 5.75 Å². The molecule has 1 aliphatic rings. The number of benzene rings is 2. The van der Waals surface area contributed by atoms with Gasteiger partial charge in [-0.1, -0.05) is 23.9 Å². The van der Waals surface area contributed by atoms with Crippen LogP contribution in [0.2, 0.25) is 0 Å². The third kappa shape index (κ3) is 4.22. The van der Waals surface area contributed by atoms with E-state index in [0.29, 0.717) is 10.9 Å². The second-order valence-corrected chi connectivity index (χ2v) is 9.59. The van der Waals surface area contributed by atoms with Crippen molar-refractivity contribution in [1.29, 1.82) is 0 Å². The number of methoxy groups -OCH3 is 1. The fraction of sp³-hybridized carbons (Fsp3) is 0.304. The van der Waals surface area contributed by atoms with Crippen molar-refractivity contribution in [3.05, 3.63) is 59.9 Å². The number of hydrogen-bond acceptors (Lipinski definition) is 7. The zero-order chi connectivity index (χ0) is 21.9. The van der Waals surface area contributed by atoms with Gasteiger partial charge in [-0.3, -0.25) is 9.36 Å². The molecule has 0 radical (unpaired) electrons. The molecule has 0 N–H and O–H groups in total. The van der Waals surface area contributed by atoms with Crippen molar-refractivity contribution in [3.63, 3.8) is 0 Å². The van der Waals surface area contributed by atoms with E-state index in [4.69, 9.17) is 9.72 Å². The number of hydrogen-bond donors (Lipinski definition) is 0. The van der Waals surface area contributed by atoms with Crippen molar-refractivity contribution in [3.8, 4) is 11.4 Å². The first kappa shape index (κ1) is 21.0. The first-order chi connectivity index (χ1) is 15.7. The molecule has 3 heterocycles. The molecule has 7 nitrogen and oxygen atoms in total. The number of likely N-dealkylation sites (tertiary alicyclic amines) is 1. The number of nitrogens with zero attached hydrogens (tertiary/aromatic N) is 5. The molecule has 1 fully saturated rings. The van der Waals surface area contributed by atoms with E-state index in [1.807, 2.05) is 51.9 Å². The molecule has 4 aromatic rings. The quantitative estimate of drug-likeness (QED) is 0.383. The molecule has 32 heavy (non-hydrogen) atoms. The Labute approximate surface area is 194 Å². The van der Waals surface area contributed by atoms with Crippen LogP contribution < -0.4 is 4.74 Å². The smallest absolute Gasteiger partial charge is 0.233 e. The van der Waals surface area contributed by atoms with Crippen LogP contribution in [0.3, 0.4) is 0 Å². The number of para-hydroxylation sites is 1. The van der Waals surface area contributed by atoms with E-state index in [1.165, 1.54) is 16.5 Å². The minimum atomic E-state index is 0.0497. The number of thioether (sulfide) groups is 1. The topological polar surface area (TPSA) is 73.1 Å². The van der Waals surface area contributed by atoms with Crippen LogP contribution in [-0.2, 0) is 4.79 Å². The fourth-order valence-electron chi connectivity index (χ4n) is 3.97. The third-order valence-electron chi connectivity index (χ3n) is 5.61. The predicted molar refractivity (Wildman–Crippen MR) is 127 cm³/mol. The molecule has 1 amide bonds. The lowest BCUT2D eigenvalue weighted by Gasteiger charge is -2.34. The lowest BCUT2D eigenvalue weighted by atomic mass is 10.0. The SMILES string of the molecule is COc1ccc(-n2cnnc2SCC(=O)N2CCCC[C@H]2c2nc3ccccc3s2)cc1. The number of ether oxygens (including phenoxy) is 1.